The topological polar surface area (TPSA) is 60.2 Å². The molecule has 1 aromatic carbocycles. The van der Waals surface area contributed by atoms with Crippen molar-refractivity contribution in [2.45, 2.75) is 0 Å². The zero-order valence-corrected chi connectivity index (χ0v) is 7.82. The van der Waals surface area contributed by atoms with Gasteiger partial charge < -0.3 is 0 Å². The van der Waals surface area contributed by atoms with Crippen molar-refractivity contribution in [3.63, 3.8) is 0 Å². The maximum atomic E-state index is 11.1. The highest BCUT2D eigenvalue weighted by atomic mass is 35.5. The molecule has 0 spiro atoms. The Balaban J connectivity index is 3.19. The number of hydrogen-bond acceptors (Lipinski definition) is 3. The lowest BCUT2D eigenvalue weighted by Gasteiger charge is -1.97. The van der Waals surface area contributed by atoms with E-state index < -0.39 is 4.92 Å². The van der Waals surface area contributed by atoms with Crippen LogP contribution in [0.1, 0.15) is 10.4 Å². The summed E-state index contributed by atoms with van der Waals surface area (Å²) in [7, 11) is 0. The van der Waals surface area contributed by atoms with Crippen LogP contribution in [-0.4, -0.2) is 10.7 Å². The third-order valence-electron chi connectivity index (χ3n) is 1.61. The van der Waals surface area contributed by atoms with Crippen LogP contribution in [0.3, 0.4) is 0 Å². The number of allylic oxidation sites excluding steroid dienone is 1. The van der Waals surface area contributed by atoms with Crippen LogP contribution in [0, 0.1) is 10.1 Å². The molecule has 0 heterocycles. The lowest BCUT2D eigenvalue weighted by molar-refractivity contribution is -0.384. The molecular weight excluding hydrogens is 206 g/mol. The normalized spacial score (nSPS) is 9.50. The van der Waals surface area contributed by atoms with Gasteiger partial charge in [-0.05, 0) is 18.2 Å². The first-order valence-corrected chi connectivity index (χ1v) is 4.04. The minimum Gasteiger partial charge on any atom is -0.289 e. The summed E-state index contributed by atoms with van der Waals surface area (Å²) in [5.74, 6) is -0.318. The summed E-state index contributed by atoms with van der Waals surface area (Å²) in [5.41, 5.74) is 0.0721. The van der Waals surface area contributed by atoms with Crippen LogP contribution in [-0.2, 0) is 0 Å². The predicted molar refractivity (Wildman–Crippen MR) is 52.6 cm³/mol. The first-order chi connectivity index (χ1) is 6.56. The van der Waals surface area contributed by atoms with Crippen molar-refractivity contribution < 1.29 is 9.72 Å². The number of ketones is 1. The molecule has 0 unspecified atom stereocenters. The second kappa shape index (κ2) is 4.02. The Kier molecular flexibility index (Phi) is 2.99. The molecule has 0 aliphatic carbocycles. The van der Waals surface area contributed by atoms with Gasteiger partial charge in [0.1, 0.15) is 5.02 Å². The van der Waals surface area contributed by atoms with E-state index in [2.05, 4.69) is 6.58 Å². The van der Waals surface area contributed by atoms with Crippen LogP contribution in [0.25, 0.3) is 0 Å². The number of rotatable bonds is 3. The highest BCUT2D eigenvalue weighted by Gasteiger charge is 2.13. The van der Waals surface area contributed by atoms with E-state index in [1.807, 2.05) is 0 Å². The molecule has 1 rings (SSSR count). The van der Waals surface area contributed by atoms with E-state index in [0.29, 0.717) is 0 Å². The first-order valence-electron chi connectivity index (χ1n) is 3.67. The van der Waals surface area contributed by atoms with Gasteiger partial charge in [-0.2, -0.15) is 0 Å². The molecular formula is C9H6ClNO3. The lowest BCUT2D eigenvalue weighted by atomic mass is 10.1. The fourth-order valence-corrected chi connectivity index (χ4v) is 1.18. The van der Waals surface area contributed by atoms with Gasteiger partial charge in [0.2, 0.25) is 0 Å². The predicted octanol–water partition coefficient (Wildman–Crippen LogP) is 2.62. The summed E-state index contributed by atoms with van der Waals surface area (Å²) in [6.07, 6.45) is 1.12. The summed E-state index contributed by atoms with van der Waals surface area (Å²) in [6.45, 7) is 3.30. The largest absolute Gasteiger partial charge is 0.289 e. The number of halogens is 1. The SMILES string of the molecule is C=CC(=O)c1ccc([N+](=O)[O-])c(Cl)c1. The van der Waals surface area contributed by atoms with Crippen molar-refractivity contribution >= 4 is 23.1 Å². The van der Waals surface area contributed by atoms with E-state index in [1.165, 1.54) is 18.2 Å². The van der Waals surface area contributed by atoms with Crippen molar-refractivity contribution in [2.75, 3.05) is 0 Å². The quantitative estimate of drug-likeness (QED) is 0.334. The van der Waals surface area contributed by atoms with Gasteiger partial charge >= 0.3 is 0 Å². The van der Waals surface area contributed by atoms with Crippen LogP contribution >= 0.6 is 11.6 Å². The molecule has 0 saturated carbocycles. The molecule has 0 aliphatic rings. The number of benzene rings is 1. The zero-order valence-electron chi connectivity index (χ0n) is 7.07. The van der Waals surface area contributed by atoms with Gasteiger partial charge in [-0.25, -0.2) is 0 Å². The van der Waals surface area contributed by atoms with Gasteiger partial charge in [-0.3, -0.25) is 14.9 Å². The van der Waals surface area contributed by atoms with Gasteiger partial charge in [-0.1, -0.05) is 18.2 Å². The Labute approximate surface area is 85.0 Å². The van der Waals surface area contributed by atoms with Crippen LogP contribution in [0.5, 0.6) is 0 Å². The molecule has 5 heteroatoms. The molecule has 14 heavy (non-hydrogen) atoms. The second-order valence-corrected chi connectivity index (χ2v) is 2.90. The van der Waals surface area contributed by atoms with Gasteiger partial charge in [-0.15, -0.1) is 0 Å². The van der Waals surface area contributed by atoms with Crippen LogP contribution in [0.2, 0.25) is 5.02 Å². The molecule has 72 valence electrons. The Bertz CT molecular complexity index is 415. The molecule has 0 aromatic heterocycles. The number of hydrogen-bond donors (Lipinski definition) is 0. The maximum Gasteiger partial charge on any atom is 0.287 e. The number of nitro groups is 1. The Hall–Kier alpha value is -1.68. The van der Waals surface area contributed by atoms with E-state index in [0.717, 1.165) is 6.08 Å². The fourth-order valence-electron chi connectivity index (χ4n) is 0.926. The smallest absolute Gasteiger partial charge is 0.287 e. The summed E-state index contributed by atoms with van der Waals surface area (Å²) < 4.78 is 0. The van der Waals surface area contributed by atoms with Crippen molar-refractivity contribution in [3.05, 3.63) is 51.6 Å². The lowest BCUT2D eigenvalue weighted by Crippen LogP contribution is -1.95. The van der Waals surface area contributed by atoms with E-state index >= 15 is 0 Å². The average Bonchev–Trinajstić information content (AvgIpc) is 2.15. The zero-order chi connectivity index (χ0) is 10.7. The molecule has 0 amide bonds. The summed E-state index contributed by atoms with van der Waals surface area (Å²) in [5, 5.41) is 10.3. The van der Waals surface area contributed by atoms with E-state index in [9.17, 15) is 14.9 Å². The number of nitrogens with zero attached hydrogens (tertiary/aromatic N) is 1. The standard InChI is InChI=1S/C9H6ClNO3/c1-2-9(12)6-3-4-8(11(13)14)7(10)5-6/h2-5H,1H2. The molecule has 0 fully saturated rings. The molecule has 1 aromatic rings. The van der Waals surface area contributed by atoms with Crippen molar-refractivity contribution in [2.24, 2.45) is 0 Å². The van der Waals surface area contributed by atoms with Crippen molar-refractivity contribution in [1.82, 2.24) is 0 Å². The molecule has 0 saturated heterocycles. The molecule has 4 nitrogen and oxygen atoms in total. The van der Waals surface area contributed by atoms with Gasteiger partial charge in [0, 0.05) is 11.6 Å². The minimum absolute atomic E-state index is 0.0531. The van der Waals surface area contributed by atoms with Crippen LogP contribution in [0.15, 0.2) is 30.9 Å². The van der Waals surface area contributed by atoms with Gasteiger partial charge in [0.25, 0.3) is 5.69 Å². The highest BCUT2D eigenvalue weighted by molar-refractivity contribution is 6.33. The van der Waals surface area contributed by atoms with Gasteiger partial charge in [0.05, 0.1) is 4.92 Å². The molecule has 0 radical (unpaired) electrons. The van der Waals surface area contributed by atoms with E-state index in [4.69, 9.17) is 11.6 Å². The first kappa shape index (κ1) is 10.4. The molecule has 0 atom stereocenters. The Morgan fingerprint density at radius 3 is 2.64 bits per heavy atom. The third-order valence-corrected chi connectivity index (χ3v) is 1.92. The second-order valence-electron chi connectivity index (χ2n) is 2.49. The van der Waals surface area contributed by atoms with Crippen molar-refractivity contribution in [3.8, 4) is 0 Å². The molecule has 0 bridgehead atoms. The van der Waals surface area contributed by atoms with Crippen molar-refractivity contribution in [1.29, 1.82) is 0 Å². The number of carbonyl (C=O) groups is 1. The summed E-state index contributed by atoms with van der Waals surface area (Å²) in [4.78, 5) is 20.9. The molecule has 0 N–H and O–H groups in total. The van der Waals surface area contributed by atoms with Crippen LogP contribution in [0.4, 0.5) is 5.69 Å². The number of carbonyl (C=O) groups excluding carboxylic acids is 1. The van der Waals surface area contributed by atoms with E-state index in [1.54, 1.807) is 0 Å². The Morgan fingerprint density at radius 1 is 1.57 bits per heavy atom. The number of nitro benzene ring substituents is 1. The average molecular weight is 212 g/mol. The Morgan fingerprint density at radius 2 is 2.21 bits per heavy atom. The molecule has 0 aliphatic heterocycles. The highest BCUT2D eigenvalue weighted by Crippen LogP contribution is 2.25. The maximum absolute atomic E-state index is 11.1. The van der Waals surface area contributed by atoms with E-state index in [-0.39, 0.29) is 22.1 Å². The summed E-state index contributed by atoms with van der Waals surface area (Å²) in [6, 6.07) is 3.79. The monoisotopic (exact) mass is 211 g/mol. The summed E-state index contributed by atoms with van der Waals surface area (Å²) >= 11 is 5.60. The van der Waals surface area contributed by atoms with Crippen LogP contribution < -0.4 is 0 Å². The van der Waals surface area contributed by atoms with Gasteiger partial charge in [0.15, 0.2) is 5.78 Å². The minimum atomic E-state index is -0.607. The fraction of sp³-hybridized carbons (Fsp3) is 0. The third kappa shape index (κ3) is 1.97.